The maximum Gasteiger partial charge on any atom is 0.278 e. The number of halogens is 1. The molecule has 1 atom stereocenters. The van der Waals surface area contributed by atoms with Crippen molar-refractivity contribution in [3.63, 3.8) is 0 Å². The molecule has 0 aliphatic carbocycles. The summed E-state index contributed by atoms with van der Waals surface area (Å²) in [7, 11) is 0. The van der Waals surface area contributed by atoms with Crippen molar-refractivity contribution >= 4 is 11.6 Å². The van der Waals surface area contributed by atoms with Crippen LogP contribution in [-0.2, 0) is 17.9 Å². The normalized spacial score (nSPS) is 16.3. The van der Waals surface area contributed by atoms with E-state index in [1.807, 2.05) is 30.3 Å². The van der Waals surface area contributed by atoms with Crippen molar-refractivity contribution in [3.05, 3.63) is 77.2 Å². The lowest BCUT2D eigenvalue weighted by molar-refractivity contribution is 0.00330. The molecular weight excluding hydrogens is 364 g/mol. The Morgan fingerprint density at radius 2 is 1.85 bits per heavy atom. The van der Waals surface area contributed by atoms with E-state index in [2.05, 4.69) is 31.8 Å². The van der Waals surface area contributed by atoms with Crippen LogP contribution in [0.4, 0.5) is 0 Å². The molecule has 0 fully saturated rings. The highest BCUT2D eigenvalue weighted by atomic mass is 35.5. The van der Waals surface area contributed by atoms with E-state index in [0.29, 0.717) is 35.6 Å². The lowest BCUT2D eigenvalue weighted by Gasteiger charge is -2.25. The van der Waals surface area contributed by atoms with Crippen molar-refractivity contribution in [2.75, 3.05) is 0 Å². The zero-order valence-corrected chi connectivity index (χ0v) is 15.0. The molecule has 0 radical (unpaired) electrons. The fraction of sp³-hybridized carbons (Fsp3) is 0.150. The first kappa shape index (κ1) is 16.2. The van der Waals surface area contributed by atoms with Crippen LogP contribution in [0.3, 0.4) is 0 Å². The van der Waals surface area contributed by atoms with Gasteiger partial charge in [0.1, 0.15) is 6.10 Å². The molecule has 6 nitrogen and oxygen atoms in total. The Hall–Kier alpha value is -2.96. The predicted octanol–water partition coefficient (Wildman–Crippen LogP) is 4.53. The number of hydrogen-bond acceptors (Lipinski definition) is 5. The number of imidazole rings is 1. The number of aromatic nitrogens is 4. The van der Waals surface area contributed by atoms with E-state index in [-0.39, 0.29) is 6.10 Å². The molecule has 2 aromatic heterocycles. The van der Waals surface area contributed by atoms with Crippen LogP contribution in [0.25, 0.3) is 23.0 Å². The highest BCUT2D eigenvalue weighted by Crippen LogP contribution is 2.31. The summed E-state index contributed by atoms with van der Waals surface area (Å²) in [5.41, 5.74) is 3.59. The van der Waals surface area contributed by atoms with Crippen molar-refractivity contribution in [1.29, 1.82) is 0 Å². The molecule has 2 aromatic carbocycles. The molecule has 27 heavy (non-hydrogen) atoms. The number of benzene rings is 2. The third-order valence-electron chi connectivity index (χ3n) is 4.63. The molecule has 0 spiro atoms. The van der Waals surface area contributed by atoms with E-state index in [1.165, 1.54) is 0 Å². The van der Waals surface area contributed by atoms with Gasteiger partial charge in [0.05, 0.1) is 25.2 Å². The Balaban J connectivity index is 1.42. The minimum Gasteiger partial charge on any atom is -0.365 e. The maximum absolute atomic E-state index is 6.05. The van der Waals surface area contributed by atoms with Crippen LogP contribution in [0, 0.1) is 0 Å². The molecular formula is C20H15ClN4O2. The molecule has 0 saturated heterocycles. The van der Waals surface area contributed by atoms with E-state index in [1.54, 1.807) is 18.5 Å². The second kappa shape index (κ2) is 6.64. The second-order valence-electron chi connectivity index (χ2n) is 6.33. The fourth-order valence-electron chi connectivity index (χ4n) is 3.21. The van der Waals surface area contributed by atoms with Gasteiger partial charge in [-0.15, -0.1) is 0 Å². The van der Waals surface area contributed by atoms with Crippen LogP contribution in [0.1, 0.15) is 17.4 Å². The molecule has 4 aromatic rings. The first-order valence-corrected chi connectivity index (χ1v) is 8.96. The summed E-state index contributed by atoms with van der Waals surface area (Å²) in [6.45, 7) is 1.14. The zero-order chi connectivity index (χ0) is 18.2. The molecule has 3 heterocycles. The van der Waals surface area contributed by atoms with Gasteiger partial charge < -0.3 is 13.8 Å². The minimum atomic E-state index is 0.00747. The van der Waals surface area contributed by atoms with Gasteiger partial charge in [0, 0.05) is 10.6 Å². The van der Waals surface area contributed by atoms with E-state index in [4.69, 9.17) is 20.9 Å². The molecule has 1 aliphatic rings. The highest BCUT2D eigenvalue weighted by molar-refractivity contribution is 6.30. The molecule has 7 heteroatoms. The van der Waals surface area contributed by atoms with Gasteiger partial charge in [-0.3, -0.25) is 0 Å². The van der Waals surface area contributed by atoms with Gasteiger partial charge in [0.2, 0.25) is 5.82 Å². The Bertz CT molecular complexity index is 1070. The van der Waals surface area contributed by atoms with Gasteiger partial charge in [0.15, 0.2) is 5.69 Å². The van der Waals surface area contributed by atoms with E-state index >= 15 is 0 Å². The van der Waals surface area contributed by atoms with Crippen LogP contribution in [0.15, 0.2) is 65.4 Å². The van der Waals surface area contributed by atoms with Crippen LogP contribution >= 0.6 is 11.6 Å². The fourth-order valence-corrected chi connectivity index (χ4v) is 3.34. The summed E-state index contributed by atoms with van der Waals surface area (Å²) in [4.78, 5) is 8.97. The van der Waals surface area contributed by atoms with Crippen LogP contribution in [-0.4, -0.2) is 19.7 Å². The monoisotopic (exact) mass is 378 g/mol. The average molecular weight is 379 g/mol. The molecule has 0 N–H and O–H groups in total. The summed E-state index contributed by atoms with van der Waals surface area (Å²) < 4.78 is 13.6. The molecule has 134 valence electrons. The van der Waals surface area contributed by atoms with Gasteiger partial charge in [-0.25, -0.2) is 4.98 Å². The van der Waals surface area contributed by atoms with Gasteiger partial charge in [-0.2, -0.15) is 4.98 Å². The van der Waals surface area contributed by atoms with Gasteiger partial charge in [-0.1, -0.05) is 47.1 Å². The predicted molar refractivity (Wildman–Crippen MR) is 99.9 cm³/mol. The Morgan fingerprint density at radius 3 is 2.67 bits per heavy atom. The van der Waals surface area contributed by atoms with Gasteiger partial charge in [-0.05, 0) is 29.8 Å². The Labute approximate surface area is 160 Å². The van der Waals surface area contributed by atoms with Crippen molar-refractivity contribution in [1.82, 2.24) is 19.7 Å². The second-order valence-corrected chi connectivity index (χ2v) is 6.77. The van der Waals surface area contributed by atoms with Crippen LogP contribution in [0.2, 0.25) is 5.02 Å². The molecule has 5 rings (SSSR count). The summed E-state index contributed by atoms with van der Waals surface area (Å²) >= 11 is 5.93. The summed E-state index contributed by atoms with van der Waals surface area (Å²) in [6.07, 6.45) is 1.81. The number of nitrogens with zero attached hydrogens (tertiary/aromatic N) is 4. The van der Waals surface area contributed by atoms with Crippen LogP contribution in [0.5, 0.6) is 0 Å². The lowest BCUT2D eigenvalue weighted by atomic mass is 10.1. The smallest absolute Gasteiger partial charge is 0.278 e. The van der Waals surface area contributed by atoms with Crippen molar-refractivity contribution in [3.8, 4) is 23.0 Å². The molecule has 0 bridgehead atoms. The number of hydrogen-bond donors (Lipinski definition) is 0. The van der Waals surface area contributed by atoms with Crippen molar-refractivity contribution < 1.29 is 9.26 Å². The molecule has 0 saturated carbocycles. The number of fused-ring (bicyclic) bond motifs is 1. The third kappa shape index (κ3) is 3.03. The highest BCUT2D eigenvalue weighted by Gasteiger charge is 2.26. The van der Waals surface area contributed by atoms with Crippen LogP contribution < -0.4 is 0 Å². The SMILES string of the molecule is Clc1ccc(-c2noc(-c3ncn4c3CO[C@H](c3ccccc3)C4)n2)cc1. The molecule has 0 unspecified atom stereocenters. The van der Waals surface area contributed by atoms with Gasteiger partial charge in [0.25, 0.3) is 5.89 Å². The number of rotatable bonds is 3. The standard InChI is InChI=1S/C20H15ClN4O2/c21-15-8-6-14(7-9-15)19-23-20(27-24-19)18-16-11-26-17(10-25(16)12-22-18)13-4-2-1-3-5-13/h1-9,12,17H,10-11H2/t17-/m0/s1. The van der Waals surface area contributed by atoms with Crippen molar-refractivity contribution in [2.24, 2.45) is 0 Å². The van der Waals surface area contributed by atoms with E-state index in [0.717, 1.165) is 16.8 Å². The average Bonchev–Trinajstić information content (AvgIpc) is 3.35. The first-order valence-electron chi connectivity index (χ1n) is 8.58. The summed E-state index contributed by atoms with van der Waals surface area (Å²) in [6, 6.07) is 17.5. The van der Waals surface area contributed by atoms with E-state index in [9.17, 15) is 0 Å². The van der Waals surface area contributed by atoms with Gasteiger partial charge >= 0.3 is 0 Å². The largest absolute Gasteiger partial charge is 0.365 e. The Kier molecular flexibility index (Phi) is 3.99. The van der Waals surface area contributed by atoms with E-state index < -0.39 is 0 Å². The van der Waals surface area contributed by atoms with Crippen molar-refractivity contribution in [2.45, 2.75) is 19.3 Å². The summed E-state index contributed by atoms with van der Waals surface area (Å²) in [5, 5.41) is 4.73. The quantitative estimate of drug-likeness (QED) is 0.524. The third-order valence-corrected chi connectivity index (χ3v) is 4.88. The lowest BCUT2D eigenvalue weighted by Crippen LogP contribution is -2.20. The topological polar surface area (TPSA) is 66.0 Å². The Morgan fingerprint density at radius 1 is 1.04 bits per heavy atom. The number of ether oxygens (including phenoxy) is 1. The maximum atomic E-state index is 6.05. The molecule has 0 amide bonds. The first-order chi connectivity index (χ1) is 13.3. The minimum absolute atomic E-state index is 0.00747. The summed E-state index contributed by atoms with van der Waals surface area (Å²) in [5.74, 6) is 0.887. The zero-order valence-electron chi connectivity index (χ0n) is 14.2. The molecule has 1 aliphatic heterocycles.